The normalized spacial score (nSPS) is 22.2. The molecule has 1 aromatic rings. The van der Waals surface area contributed by atoms with Crippen molar-refractivity contribution in [3.05, 3.63) is 27.5 Å². The Morgan fingerprint density at radius 2 is 2.38 bits per heavy atom. The molecule has 1 aliphatic carbocycles. The molecule has 0 amide bonds. The van der Waals surface area contributed by atoms with Gasteiger partial charge in [0, 0.05) is 28.5 Å². The van der Waals surface area contributed by atoms with E-state index >= 15 is 0 Å². The van der Waals surface area contributed by atoms with Crippen LogP contribution in [0.25, 0.3) is 0 Å². The highest BCUT2D eigenvalue weighted by Gasteiger charge is 2.18. The lowest BCUT2D eigenvalue weighted by molar-refractivity contribution is 0.413. The SMILES string of the molecule is Cc1nc(C2CC=CCC2)oc1I. The van der Waals surface area contributed by atoms with E-state index in [0.717, 1.165) is 28.2 Å². The zero-order valence-electron chi connectivity index (χ0n) is 7.59. The first-order chi connectivity index (χ1) is 6.27. The molecular weight excluding hydrogens is 277 g/mol. The lowest BCUT2D eigenvalue weighted by Crippen LogP contribution is -2.00. The molecule has 0 saturated carbocycles. The molecule has 2 nitrogen and oxygen atoms in total. The van der Waals surface area contributed by atoms with E-state index in [4.69, 9.17) is 4.42 Å². The van der Waals surface area contributed by atoms with Gasteiger partial charge in [-0.15, -0.1) is 0 Å². The van der Waals surface area contributed by atoms with Crippen molar-refractivity contribution in [2.75, 3.05) is 0 Å². The number of oxazole rings is 1. The van der Waals surface area contributed by atoms with Gasteiger partial charge in [0.15, 0.2) is 9.66 Å². The number of aromatic nitrogens is 1. The number of hydrogen-bond donors (Lipinski definition) is 0. The standard InChI is InChI=1S/C10H12INO/c1-7-9(11)13-10(12-7)8-5-3-2-4-6-8/h2-3,8H,4-6H2,1H3. The number of halogens is 1. The predicted molar refractivity (Wildman–Crippen MR) is 59.7 cm³/mol. The summed E-state index contributed by atoms with van der Waals surface area (Å²) in [5.74, 6) is 1.43. The Balaban J connectivity index is 2.20. The fraction of sp³-hybridized carbons (Fsp3) is 0.500. The number of nitrogens with zero attached hydrogens (tertiary/aromatic N) is 1. The second-order valence-electron chi connectivity index (χ2n) is 3.39. The number of rotatable bonds is 1. The highest BCUT2D eigenvalue weighted by atomic mass is 127. The molecule has 1 aliphatic rings. The van der Waals surface area contributed by atoms with Gasteiger partial charge in [0.25, 0.3) is 0 Å². The molecule has 0 aliphatic heterocycles. The Bertz CT molecular complexity index is 310. The van der Waals surface area contributed by atoms with Crippen LogP contribution in [0.3, 0.4) is 0 Å². The summed E-state index contributed by atoms with van der Waals surface area (Å²) in [5.41, 5.74) is 1.02. The third-order valence-electron chi connectivity index (χ3n) is 2.37. The molecule has 1 aromatic heterocycles. The number of aryl methyl sites for hydroxylation is 1. The molecule has 13 heavy (non-hydrogen) atoms. The molecule has 0 radical (unpaired) electrons. The molecule has 0 fully saturated rings. The van der Waals surface area contributed by atoms with Gasteiger partial charge in [-0.25, -0.2) is 4.98 Å². The first-order valence-electron chi connectivity index (χ1n) is 4.55. The maximum absolute atomic E-state index is 5.60. The van der Waals surface area contributed by atoms with Gasteiger partial charge >= 0.3 is 0 Å². The average molecular weight is 289 g/mol. The molecule has 1 unspecified atom stereocenters. The van der Waals surface area contributed by atoms with Crippen LogP contribution in [0.4, 0.5) is 0 Å². The van der Waals surface area contributed by atoms with Gasteiger partial charge in [0.1, 0.15) is 0 Å². The lowest BCUT2D eigenvalue weighted by atomic mass is 9.94. The Kier molecular flexibility index (Phi) is 2.71. The van der Waals surface area contributed by atoms with Gasteiger partial charge in [0.05, 0.1) is 5.69 Å². The van der Waals surface area contributed by atoms with Crippen molar-refractivity contribution in [3.8, 4) is 0 Å². The van der Waals surface area contributed by atoms with Crippen LogP contribution in [0.2, 0.25) is 0 Å². The average Bonchev–Trinajstić information content (AvgIpc) is 2.49. The summed E-state index contributed by atoms with van der Waals surface area (Å²) in [6.07, 6.45) is 7.86. The number of allylic oxidation sites excluding steroid dienone is 2. The van der Waals surface area contributed by atoms with Crippen molar-refractivity contribution in [2.24, 2.45) is 0 Å². The van der Waals surface area contributed by atoms with E-state index in [-0.39, 0.29) is 0 Å². The van der Waals surface area contributed by atoms with Crippen LogP contribution in [0.1, 0.15) is 36.8 Å². The van der Waals surface area contributed by atoms with Crippen molar-refractivity contribution in [3.63, 3.8) is 0 Å². The van der Waals surface area contributed by atoms with E-state index in [1.54, 1.807) is 0 Å². The van der Waals surface area contributed by atoms with E-state index in [0.29, 0.717) is 5.92 Å². The monoisotopic (exact) mass is 289 g/mol. The van der Waals surface area contributed by atoms with Crippen molar-refractivity contribution in [1.29, 1.82) is 0 Å². The van der Waals surface area contributed by atoms with E-state index in [9.17, 15) is 0 Å². The fourth-order valence-corrected chi connectivity index (χ4v) is 1.94. The van der Waals surface area contributed by atoms with Crippen LogP contribution in [0.15, 0.2) is 16.6 Å². The minimum Gasteiger partial charge on any atom is -0.434 e. The van der Waals surface area contributed by atoms with Crippen LogP contribution in [-0.2, 0) is 0 Å². The van der Waals surface area contributed by atoms with E-state index in [1.807, 2.05) is 6.92 Å². The maximum atomic E-state index is 5.60. The van der Waals surface area contributed by atoms with Gasteiger partial charge in [-0.1, -0.05) is 12.2 Å². The second-order valence-corrected chi connectivity index (χ2v) is 4.37. The molecule has 70 valence electrons. The summed E-state index contributed by atoms with van der Waals surface area (Å²) in [6.45, 7) is 1.99. The quantitative estimate of drug-likeness (QED) is 0.585. The molecule has 3 heteroatoms. The van der Waals surface area contributed by atoms with Gasteiger partial charge in [-0.2, -0.15) is 0 Å². The second kappa shape index (κ2) is 3.82. The molecule has 0 spiro atoms. The molecule has 2 rings (SSSR count). The smallest absolute Gasteiger partial charge is 0.199 e. The summed E-state index contributed by atoms with van der Waals surface area (Å²) in [7, 11) is 0. The first-order valence-corrected chi connectivity index (χ1v) is 5.63. The van der Waals surface area contributed by atoms with Crippen LogP contribution in [0, 0.1) is 10.7 Å². The highest BCUT2D eigenvalue weighted by molar-refractivity contribution is 14.1. The van der Waals surface area contributed by atoms with Gasteiger partial charge in [-0.05, 0) is 26.2 Å². The van der Waals surface area contributed by atoms with Crippen molar-refractivity contribution in [2.45, 2.75) is 32.1 Å². The molecule has 0 saturated heterocycles. The topological polar surface area (TPSA) is 26.0 Å². The van der Waals surface area contributed by atoms with Gasteiger partial charge in [0.2, 0.25) is 0 Å². The molecule has 0 N–H and O–H groups in total. The highest BCUT2D eigenvalue weighted by Crippen LogP contribution is 2.29. The fourth-order valence-electron chi connectivity index (χ4n) is 1.59. The predicted octanol–water partition coefficient (Wildman–Crippen LogP) is 3.41. The molecule has 1 atom stereocenters. The summed E-state index contributed by atoms with van der Waals surface area (Å²) in [4.78, 5) is 4.43. The Hall–Kier alpha value is -0.320. The molecule has 0 aromatic carbocycles. The van der Waals surface area contributed by atoms with Crippen molar-refractivity contribution in [1.82, 2.24) is 4.98 Å². The minimum absolute atomic E-state index is 0.507. The van der Waals surface area contributed by atoms with Crippen LogP contribution in [-0.4, -0.2) is 4.98 Å². The summed E-state index contributed by atoms with van der Waals surface area (Å²) in [6, 6.07) is 0. The van der Waals surface area contributed by atoms with Crippen molar-refractivity contribution < 1.29 is 4.42 Å². The lowest BCUT2D eigenvalue weighted by Gasteiger charge is -2.13. The third kappa shape index (κ3) is 1.95. The minimum atomic E-state index is 0.507. The van der Waals surface area contributed by atoms with E-state index in [2.05, 4.69) is 39.7 Å². The summed E-state index contributed by atoms with van der Waals surface area (Å²) < 4.78 is 6.53. The van der Waals surface area contributed by atoms with E-state index < -0.39 is 0 Å². The van der Waals surface area contributed by atoms with E-state index in [1.165, 1.54) is 6.42 Å². The maximum Gasteiger partial charge on any atom is 0.199 e. The van der Waals surface area contributed by atoms with Crippen molar-refractivity contribution >= 4 is 22.6 Å². The number of hydrogen-bond acceptors (Lipinski definition) is 2. The molecule has 1 heterocycles. The summed E-state index contributed by atoms with van der Waals surface area (Å²) >= 11 is 2.19. The Labute approximate surface area is 91.6 Å². The Morgan fingerprint density at radius 3 is 2.92 bits per heavy atom. The molecular formula is C10H12INO. The van der Waals surface area contributed by atoms with Crippen LogP contribution >= 0.6 is 22.6 Å². The largest absolute Gasteiger partial charge is 0.434 e. The third-order valence-corrected chi connectivity index (χ3v) is 3.38. The zero-order valence-corrected chi connectivity index (χ0v) is 9.74. The molecule has 0 bridgehead atoms. The zero-order chi connectivity index (χ0) is 9.26. The van der Waals surface area contributed by atoms with Gasteiger partial charge < -0.3 is 4.42 Å². The van der Waals surface area contributed by atoms with Crippen LogP contribution in [0.5, 0.6) is 0 Å². The Morgan fingerprint density at radius 1 is 1.54 bits per heavy atom. The summed E-state index contributed by atoms with van der Waals surface area (Å²) in [5, 5.41) is 0. The van der Waals surface area contributed by atoms with Gasteiger partial charge in [-0.3, -0.25) is 0 Å². The first kappa shape index (κ1) is 9.24. The van der Waals surface area contributed by atoms with Crippen LogP contribution < -0.4 is 0 Å².